The van der Waals surface area contributed by atoms with Crippen molar-refractivity contribution in [3.8, 4) is 0 Å². The maximum atomic E-state index is 12.1. The summed E-state index contributed by atoms with van der Waals surface area (Å²) in [4.78, 5) is 12.1. The van der Waals surface area contributed by atoms with Crippen LogP contribution in [0.25, 0.3) is 0 Å². The summed E-state index contributed by atoms with van der Waals surface area (Å²) in [5.74, 6) is 1.70. The van der Waals surface area contributed by atoms with Crippen molar-refractivity contribution in [2.75, 3.05) is 12.3 Å². The Kier molecular flexibility index (Phi) is 12.2. The van der Waals surface area contributed by atoms with Crippen LogP contribution in [0.1, 0.15) is 53.9 Å². The molecule has 0 aromatic carbocycles. The Bertz CT molecular complexity index is 252. The fourth-order valence-electron chi connectivity index (χ4n) is 1.97. The van der Waals surface area contributed by atoms with Crippen LogP contribution in [-0.4, -0.2) is 29.0 Å². The van der Waals surface area contributed by atoms with Gasteiger partial charge in [-0.15, -0.1) is 24.2 Å². The van der Waals surface area contributed by atoms with Crippen molar-refractivity contribution >= 4 is 30.1 Å². The standard InChI is InChI=1S/C14H30N2OS.ClH/c1-6-7-8-18-12(4)13(17)16-14(5,10-15)9-11(2)3;/h11-12H,6-10,15H2,1-5H3,(H,16,17);1H. The van der Waals surface area contributed by atoms with Crippen molar-refractivity contribution in [1.29, 1.82) is 0 Å². The van der Waals surface area contributed by atoms with Crippen LogP contribution in [-0.2, 0) is 4.79 Å². The maximum Gasteiger partial charge on any atom is 0.233 e. The zero-order valence-electron chi connectivity index (χ0n) is 13.0. The molecule has 0 heterocycles. The van der Waals surface area contributed by atoms with Gasteiger partial charge >= 0.3 is 0 Å². The van der Waals surface area contributed by atoms with E-state index >= 15 is 0 Å². The average Bonchev–Trinajstić information content (AvgIpc) is 2.28. The van der Waals surface area contributed by atoms with E-state index in [2.05, 4.69) is 26.1 Å². The van der Waals surface area contributed by atoms with E-state index in [1.54, 1.807) is 11.8 Å². The van der Waals surface area contributed by atoms with E-state index in [0.717, 1.165) is 12.2 Å². The van der Waals surface area contributed by atoms with E-state index in [1.807, 2.05) is 13.8 Å². The van der Waals surface area contributed by atoms with E-state index < -0.39 is 0 Å². The Hall–Kier alpha value is 0.0700. The molecule has 0 rings (SSSR count). The minimum absolute atomic E-state index is 0. The van der Waals surface area contributed by atoms with Crippen LogP contribution in [0.15, 0.2) is 0 Å². The smallest absolute Gasteiger partial charge is 0.233 e. The van der Waals surface area contributed by atoms with Crippen molar-refractivity contribution in [2.24, 2.45) is 11.7 Å². The molecule has 0 spiro atoms. The van der Waals surface area contributed by atoms with Crippen LogP contribution in [0.4, 0.5) is 0 Å². The lowest BCUT2D eigenvalue weighted by molar-refractivity contribution is -0.122. The maximum absolute atomic E-state index is 12.1. The molecule has 0 fully saturated rings. The molecular formula is C14H31ClN2OS. The second kappa shape index (κ2) is 10.8. The SMILES string of the molecule is CCCCSC(C)C(=O)NC(C)(CN)CC(C)C.Cl. The van der Waals surface area contributed by atoms with Gasteiger partial charge in [0.15, 0.2) is 0 Å². The number of hydrogen-bond donors (Lipinski definition) is 2. The molecule has 0 saturated heterocycles. The first-order valence-corrected chi connectivity index (χ1v) is 8.03. The van der Waals surface area contributed by atoms with E-state index in [1.165, 1.54) is 12.8 Å². The largest absolute Gasteiger partial charge is 0.349 e. The molecule has 0 aromatic heterocycles. The van der Waals surface area contributed by atoms with Gasteiger partial charge in [-0.25, -0.2) is 0 Å². The topological polar surface area (TPSA) is 55.1 Å². The zero-order valence-corrected chi connectivity index (χ0v) is 14.6. The van der Waals surface area contributed by atoms with Gasteiger partial charge in [-0.3, -0.25) is 4.79 Å². The fraction of sp³-hybridized carbons (Fsp3) is 0.929. The summed E-state index contributed by atoms with van der Waals surface area (Å²) in [5.41, 5.74) is 5.53. The highest BCUT2D eigenvalue weighted by molar-refractivity contribution is 8.00. The number of amides is 1. The number of hydrogen-bond acceptors (Lipinski definition) is 3. The predicted octanol–water partition coefficient (Wildman–Crippen LogP) is 3.21. The molecule has 0 aliphatic heterocycles. The number of thioether (sulfide) groups is 1. The summed E-state index contributed by atoms with van der Waals surface area (Å²) in [5, 5.41) is 3.13. The molecule has 0 bridgehead atoms. The second-order valence-electron chi connectivity index (χ2n) is 5.72. The molecule has 3 nitrogen and oxygen atoms in total. The Balaban J connectivity index is 0. The van der Waals surface area contributed by atoms with Gasteiger partial charge in [0, 0.05) is 12.1 Å². The number of unbranched alkanes of at least 4 members (excludes halogenated alkanes) is 1. The highest BCUT2D eigenvalue weighted by atomic mass is 35.5. The minimum Gasteiger partial charge on any atom is -0.349 e. The molecule has 5 heteroatoms. The third kappa shape index (κ3) is 9.58. The highest BCUT2D eigenvalue weighted by Gasteiger charge is 2.27. The lowest BCUT2D eigenvalue weighted by Gasteiger charge is -2.32. The molecule has 0 aliphatic rings. The van der Waals surface area contributed by atoms with Crippen LogP contribution in [0.5, 0.6) is 0 Å². The van der Waals surface area contributed by atoms with Gasteiger partial charge in [0.05, 0.1) is 5.25 Å². The molecule has 19 heavy (non-hydrogen) atoms. The number of rotatable bonds is 9. The fourth-order valence-corrected chi connectivity index (χ4v) is 2.98. The van der Waals surface area contributed by atoms with Crippen LogP contribution < -0.4 is 11.1 Å². The van der Waals surface area contributed by atoms with Crippen molar-refractivity contribution < 1.29 is 4.79 Å². The van der Waals surface area contributed by atoms with E-state index in [4.69, 9.17) is 5.73 Å². The molecule has 2 unspecified atom stereocenters. The third-order valence-electron chi connectivity index (χ3n) is 2.97. The first-order chi connectivity index (χ1) is 8.34. The van der Waals surface area contributed by atoms with Gasteiger partial charge in [-0.1, -0.05) is 27.2 Å². The highest BCUT2D eigenvalue weighted by Crippen LogP contribution is 2.18. The monoisotopic (exact) mass is 310 g/mol. The molecule has 3 N–H and O–H groups in total. The lowest BCUT2D eigenvalue weighted by atomic mass is 9.90. The molecule has 2 atom stereocenters. The Labute approximate surface area is 129 Å². The van der Waals surface area contributed by atoms with Crippen LogP contribution in [0, 0.1) is 5.92 Å². The average molecular weight is 311 g/mol. The molecule has 0 radical (unpaired) electrons. The predicted molar refractivity (Wildman–Crippen MR) is 89.1 cm³/mol. The van der Waals surface area contributed by atoms with Gasteiger partial charge < -0.3 is 11.1 Å². The van der Waals surface area contributed by atoms with Crippen molar-refractivity contribution in [3.05, 3.63) is 0 Å². The van der Waals surface area contributed by atoms with Crippen LogP contribution in [0.3, 0.4) is 0 Å². The normalized spacial score (nSPS) is 15.5. The van der Waals surface area contributed by atoms with E-state index in [-0.39, 0.29) is 29.1 Å². The molecule has 0 aromatic rings. The van der Waals surface area contributed by atoms with Crippen molar-refractivity contribution in [1.82, 2.24) is 5.32 Å². The third-order valence-corrected chi connectivity index (χ3v) is 4.21. The summed E-state index contributed by atoms with van der Waals surface area (Å²) in [6, 6.07) is 0. The number of carbonyl (C=O) groups is 1. The second-order valence-corrected chi connectivity index (χ2v) is 7.17. The quantitative estimate of drug-likeness (QED) is 0.643. The Morgan fingerprint density at radius 3 is 2.37 bits per heavy atom. The molecule has 1 amide bonds. The molecule has 0 saturated carbocycles. The van der Waals surface area contributed by atoms with E-state index in [0.29, 0.717) is 12.5 Å². The number of nitrogens with one attached hydrogen (secondary N) is 1. The van der Waals surface area contributed by atoms with Gasteiger partial charge in [0.1, 0.15) is 0 Å². The summed E-state index contributed by atoms with van der Waals surface area (Å²) >= 11 is 1.73. The molecule has 116 valence electrons. The minimum atomic E-state index is -0.273. The summed E-state index contributed by atoms with van der Waals surface area (Å²) < 4.78 is 0. The Morgan fingerprint density at radius 2 is 1.95 bits per heavy atom. The first kappa shape index (κ1) is 21.4. The van der Waals surface area contributed by atoms with E-state index in [9.17, 15) is 4.79 Å². The Morgan fingerprint density at radius 1 is 1.37 bits per heavy atom. The van der Waals surface area contributed by atoms with Crippen molar-refractivity contribution in [3.63, 3.8) is 0 Å². The summed E-state index contributed by atoms with van der Waals surface area (Å²) in [6.07, 6.45) is 3.26. The van der Waals surface area contributed by atoms with Crippen LogP contribution >= 0.6 is 24.2 Å². The van der Waals surface area contributed by atoms with Gasteiger partial charge in [0.25, 0.3) is 0 Å². The number of carbonyl (C=O) groups excluding carboxylic acids is 1. The summed E-state index contributed by atoms with van der Waals surface area (Å²) in [7, 11) is 0. The number of halogens is 1. The molecular weight excluding hydrogens is 280 g/mol. The van der Waals surface area contributed by atoms with Gasteiger partial charge in [0.2, 0.25) is 5.91 Å². The zero-order chi connectivity index (χ0) is 14.2. The van der Waals surface area contributed by atoms with Crippen molar-refractivity contribution in [2.45, 2.75) is 64.7 Å². The number of nitrogens with two attached hydrogens (primary N) is 1. The molecule has 0 aliphatic carbocycles. The summed E-state index contributed by atoms with van der Waals surface area (Å²) in [6.45, 7) is 11.0. The van der Waals surface area contributed by atoms with Crippen LogP contribution in [0.2, 0.25) is 0 Å². The van der Waals surface area contributed by atoms with Gasteiger partial charge in [-0.05, 0) is 38.4 Å². The lowest BCUT2D eigenvalue weighted by Crippen LogP contribution is -2.54. The van der Waals surface area contributed by atoms with Gasteiger partial charge in [-0.2, -0.15) is 0 Å². The first-order valence-electron chi connectivity index (χ1n) is 6.98.